The van der Waals surface area contributed by atoms with Gasteiger partial charge in [-0.2, -0.15) is 0 Å². The van der Waals surface area contributed by atoms with Crippen molar-refractivity contribution < 1.29 is 19.4 Å². The van der Waals surface area contributed by atoms with Crippen molar-refractivity contribution in [3.8, 4) is 5.75 Å². The van der Waals surface area contributed by atoms with Crippen molar-refractivity contribution in [3.05, 3.63) is 64.7 Å². The van der Waals surface area contributed by atoms with Gasteiger partial charge in [-0.15, -0.1) is 0 Å². The average Bonchev–Trinajstić information content (AvgIpc) is 3.26. The molecule has 1 saturated carbocycles. The number of aryl methyl sites for hydroxylation is 2. The van der Waals surface area contributed by atoms with Gasteiger partial charge < -0.3 is 15.2 Å². The number of hydrogen-bond acceptors (Lipinski definition) is 3. The van der Waals surface area contributed by atoms with E-state index < -0.39 is 17.9 Å². The monoisotopic (exact) mass is 423 g/mol. The molecule has 2 atom stereocenters. The highest BCUT2D eigenvalue weighted by Gasteiger charge is 2.27. The number of ether oxygens (including phenoxy) is 1. The normalized spacial score (nSPS) is 16.0. The second-order valence-corrected chi connectivity index (χ2v) is 8.82. The van der Waals surface area contributed by atoms with Gasteiger partial charge in [-0.3, -0.25) is 9.59 Å². The van der Waals surface area contributed by atoms with Gasteiger partial charge in [0.25, 0.3) is 0 Å². The van der Waals surface area contributed by atoms with Crippen molar-refractivity contribution in [2.24, 2.45) is 11.8 Å². The summed E-state index contributed by atoms with van der Waals surface area (Å²) in [6, 6.07) is 12.9. The fourth-order valence-electron chi connectivity index (χ4n) is 4.11. The molecular formula is C26H33NO4. The first-order valence-corrected chi connectivity index (χ1v) is 11.1. The van der Waals surface area contributed by atoms with Crippen LogP contribution in [0, 0.1) is 25.7 Å². The largest absolute Gasteiger partial charge is 0.493 e. The number of carboxylic acid groups (broad SMARTS) is 1. The molecule has 5 nitrogen and oxygen atoms in total. The summed E-state index contributed by atoms with van der Waals surface area (Å²) in [4.78, 5) is 24.5. The predicted octanol–water partition coefficient (Wildman–Crippen LogP) is 4.99. The molecule has 2 aromatic rings. The lowest BCUT2D eigenvalue weighted by Crippen LogP contribution is -2.36. The van der Waals surface area contributed by atoms with Crippen LogP contribution in [0.1, 0.15) is 60.9 Å². The topological polar surface area (TPSA) is 75.6 Å². The molecule has 0 heterocycles. The van der Waals surface area contributed by atoms with Crippen LogP contribution in [0.25, 0.3) is 0 Å². The van der Waals surface area contributed by atoms with E-state index in [9.17, 15) is 14.7 Å². The zero-order valence-corrected chi connectivity index (χ0v) is 18.7. The number of benzene rings is 2. The van der Waals surface area contributed by atoms with Crippen molar-refractivity contribution in [2.45, 2.75) is 58.9 Å². The van der Waals surface area contributed by atoms with E-state index in [4.69, 9.17) is 4.74 Å². The minimum atomic E-state index is -0.949. The highest BCUT2D eigenvalue weighted by atomic mass is 16.5. The van der Waals surface area contributed by atoms with Gasteiger partial charge in [0, 0.05) is 0 Å². The third-order valence-electron chi connectivity index (χ3n) is 6.21. The molecule has 0 unspecified atom stereocenters. The first-order chi connectivity index (χ1) is 14.8. The predicted molar refractivity (Wildman–Crippen MR) is 121 cm³/mol. The summed E-state index contributed by atoms with van der Waals surface area (Å²) in [6.45, 7) is 6.29. The number of rotatable bonds is 9. The van der Waals surface area contributed by atoms with E-state index in [1.54, 1.807) is 6.92 Å². The Morgan fingerprint density at radius 3 is 2.42 bits per heavy atom. The van der Waals surface area contributed by atoms with E-state index in [0.29, 0.717) is 12.5 Å². The van der Waals surface area contributed by atoms with Crippen molar-refractivity contribution in [1.29, 1.82) is 0 Å². The lowest BCUT2D eigenvalue weighted by molar-refractivity contribution is -0.142. The molecule has 0 bridgehead atoms. The summed E-state index contributed by atoms with van der Waals surface area (Å²) in [5.41, 5.74) is 3.79. The number of nitrogens with one attached hydrogen (secondary N) is 1. The minimum Gasteiger partial charge on any atom is -0.493 e. The van der Waals surface area contributed by atoms with E-state index in [1.807, 2.05) is 56.3 Å². The third-order valence-corrected chi connectivity index (χ3v) is 6.21. The van der Waals surface area contributed by atoms with Gasteiger partial charge in [0.15, 0.2) is 0 Å². The number of carbonyl (C=O) groups excluding carboxylic acids is 1. The molecule has 2 N–H and O–H groups in total. The number of aliphatic carboxylic acids is 1. The van der Waals surface area contributed by atoms with Gasteiger partial charge in [-0.1, -0.05) is 54.8 Å². The highest BCUT2D eigenvalue weighted by Crippen LogP contribution is 2.30. The Morgan fingerprint density at radius 2 is 1.77 bits per heavy atom. The minimum absolute atomic E-state index is 0.198. The molecule has 1 amide bonds. The van der Waals surface area contributed by atoms with Gasteiger partial charge in [-0.25, -0.2) is 0 Å². The van der Waals surface area contributed by atoms with E-state index in [-0.39, 0.29) is 12.3 Å². The Kier molecular flexibility index (Phi) is 7.72. The fourth-order valence-corrected chi connectivity index (χ4v) is 4.11. The summed E-state index contributed by atoms with van der Waals surface area (Å²) in [6.07, 6.45) is 5.13. The molecule has 5 heteroatoms. The van der Waals surface area contributed by atoms with Gasteiger partial charge in [0.1, 0.15) is 5.75 Å². The molecule has 0 aromatic heterocycles. The second kappa shape index (κ2) is 10.5. The maximum absolute atomic E-state index is 12.7. The zero-order chi connectivity index (χ0) is 22.4. The van der Waals surface area contributed by atoms with Crippen LogP contribution in [0.2, 0.25) is 0 Å². The smallest absolute Gasteiger partial charge is 0.308 e. The third kappa shape index (κ3) is 6.33. The maximum Gasteiger partial charge on any atom is 0.308 e. The van der Waals surface area contributed by atoms with Crippen LogP contribution < -0.4 is 10.1 Å². The van der Waals surface area contributed by atoms with Crippen LogP contribution in [-0.2, 0) is 16.0 Å². The number of hydrogen-bond donors (Lipinski definition) is 2. The van der Waals surface area contributed by atoms with E-state index in [1.165, 1.54) is 25.7 Å². The number of carbonyl (C=O) groups is 2. The number of carboxylic acids is 1. The average molecular weight is 424 g/mol. The molecular weight excluding hydrogens is 390 g/mol. The zero-order valence-electron chi connectivity index (χ0n) is 18.7. The van der Waals surface area contributed by atoms with Crippen molar-refractivity contribution in [3.63, 3.8) is 0 Å². The summed E-state index contributed by atoms with van der Waals surface area (Å²) in [7, 11) is 0. The first kappa shape index (κ1) is 22.9. The van der Waals surface area contributed by atoms with Crippen molar-refractivity contribution >= 4 is 11.9 Å². The molecule has 0 saturated heterocycles. The van der Waals surface area contributed by atoms with Gasteiger partial charge in [-0.05, 0) is 62.3 Å². The SMILES string of the molecule is Cc1ccc(CC(=O)N[C@H](c2ccc(C)c(OCC3CCCC3)c2)[C@@H](C)C(=O)O)cc1. The molecule has 0 spiro atoms. The van der Waals surface area contributed by atoms with E-state index in [2.05, 4.69) is 5.32 Å². The Labute approximate surface area is 184 Å². The lowest BCUT2D eigenvalue weighted by atomic mass is 9.93. The van der Waals surface area contributed by atoms with Crippen LogP contribution in [0.3, 0.4) is 0 Å². The molecule has 166 valence electrons. The molecule has 3 rings (SSSR count). The standard InChI is InChI=1S/C26H33NO4/c1-17-8-11-20(12-9-17)14-24(28)27-25(19(3)26(29)30)22-13-10-18(2)23(15-22)31-16-21-6-4-5-7-21/h8-13,15,19,21,25H,4-7,14,16H2,1-3H3,(H,27,28)(H,29,30)/t19-,25+/m1/s1. The molecule has 31 heavy (non-hydrogen) atoms. The number of amides is 1. The first-order valence-electron chi connectivity index (χ1n) is 11.1. The summed E-state index contributed by atoms with van der Waals surface area (Å²) in [5, 5.41) is 12.6. The second-order valence-electron chi connectivity index (χ2n) is 8.82. The highest BCUT2D eigenvalue weighted by molar-refractivity contribution is 5.80. The van der Waals surface area contributed by atoms with Gasteiger partial charge in [0.05, 0.1) is 25.0 Å². The molecule has 1 aliphatic carbocycles. The van der Waals surface area contributed by atoms with Crippen LogP contribution >= 0.6 is 0 Å². The summed E-state index contributed by atoms with van der Waals surface area (Å²) in [5.74, 6) is -0.566. The van der Waals surface area contributed by atoms with Crippen LogP contribution in [0.15, 0.2) is 42.5 Å². The van der Waals surface area contributed by atoms with Gasteiger partial charge in [0.2, 0.25) is 5.91 Å². The molecule has 0 aliphatic heterocycles. The Morgan fingerprint density at radius 1 is 1.10 bits per heavy atom. The van der Waals surface area contributed by atoms with Crippen LogP contribution in [0.4, 0.5) is 0 Å². The maximum atomic E-state index is 12.7. The molecule has 1 aliphatic rings. The van der Waals surface area contributed by atoms with Crippen molar-refractivity contribution in [2.75, 3.05) is 6.61 Å². The molecule has 1 fully saturated rings. The Bertz CT molecular complexity index is 900. The lowest BCUT2D eigenvalue weighted by Gasteiger charge is -2.24. The van der Waals surface area contributed by atoms with Crippen molar-refractivity contribution in [1.82, 2.24) is 5.32 Å². The van der Waals surface area contributed by atoms with Crippen LogP contribution in [0.5, 0.6) is 5.75 Å². The summed E-state index contributed by atoms with van der Waals surface area (Å²) < 4.78 is 6.10. The fraction of sp³-hybridized carbons (Fsp3) is 0.462. The quantitative estimate of drug-likeness (QED) is 0.596. The van der Waals surface area contributed by atoms with Gasteiger partial charge >= 0.3 is 5.97 Å². The molecule has 2 aromatic carbocycles. The Hall–Kier alpha value is -2.82. The summed E-state index contributed by atoms with van der Waals surface area (Å²) >= 11 is 0. The van der Waals surface area contributed by atoms with Crippen LogP contribution in [-0.4, -0.2) is 23.6 Å². The van der Waals surface area contributed by atoms with E-state index in [0.717, 1.165) is 28.0 Å². The molecule has 0 radical (unpaired) electrons. The van der Waals surface area contributed by atoms with E-state index >= 15 is 0 Å². The Balaban J connectivity index is 1.75.